The molecule has 1 heterocycles. The number of hydrogen-bond donors (Lipinski definition) is 0. The molecule has 3 nitrogen and oxygen atoms in total. The van der Waals surface area contributed by atoms with E-state index in [0.717, 1.165) is 6.42 Å². The maximum absolute atomic E-state index is 6.85. The topological polar surface area (TPSA) is 35.0 Å². The van der Waals surface area contributed by atoms with Crippen LogP contribution in [0.1, 0.15) is 14.7 Å². The minimum Gasteiger partial charge on any atom is -0.463 e. The molecule has 3 heteroatoms. The maximum Gasteiger partial charge on any atom is 0.316 e. The highest BCUT2D eigenvalue weighted by molar-refractivity contribution is 4.92. The summed E-state index contributed by atoms with van der Waals surface area (Å²) in [6, 6.07) is 2.12. The molecule has 54 valence electrons. The predicted octanol–water partition coefficient (Wildman–Crippen LogP) is 1.27. The van der Waals surface area contributed by atoms with Gasteiger partial charge in [0.05, 0.1) is 6.61 Å². The van der Waals surface area contributed by atoms with Gasteiger partial charge in [-0.05, 0) is 12.5 Å². The van der Waals surface area contributed by atoms with Crippen molar-refractivity contribution in [2.75, 3.05) is 6.61 Å². The van der Waals surface area contributed by atoms with Crippen molar-refractivity contribution in [3.63, 3.8) is 0 Å². The fraction of sp³-hybridized carbons (Fsp3) is 0.429. The maximum atomic E-state index is 6.85. The third kappa shape index (κ3) is 2.01. The van der Waals surface area contributed by atoms with Gasteiger partial charge >= 0.3 is 6.01 Å². The summed E-state index contributed by atoms with van der Waals surface area (Å²) >= 11 is 0. The lowest BCUT2D eigenvalue weighted by Crippen LogP contribution is -1.98. The van der Waals surface area contributed by atoms with Gasteiger partial charge in [0.15, 0.2) is 0 Å². The van der Waals surface area contributed by atoms with E-state index in [1.165, 1.54) is 0 Å². The quantitative estimate of drug-likeness (QED) is 0.591. The van der Waals surface area contributed by atoms with Crippen molar-refractivity contribution in [1.29, 1.82) is 0 Å². The fourth-order valence-electron chi connectivity index (χ4n) is 0.523. The fourth-order valence-corrected chi connectivity index (χ4v) is 0.523. The third-order valence-electron chi connectivity index (χ3n) is 0.918. The highest BCUT2D eigenvalue weighted by Gasteiger charge is 1.90. The summed E-state index contributed by atoms with van der Waals surface area (Å²) in [7, 11) is 0. The molecule has 0 aromatic carbocycles. The molecule has 0 saturated heterocycles. The second-order valence-electron chi connectivity index (χ2n) is 1.73. The Hall–Kier alpha value is -1.12. The van der Waals surface area contributed by atoms with Crippen LogP contribution >= 0.6 is 0 Å². The predicted molar refractivity (Wildman–Crippen MR) is 37.8 cm³/mol. The van der Waals surface area contributed by atoms with Crippen molar-refractivity contribution in [2.24, 2.45) is 0 Å². The molecule has 0 amide bonds. The molecule has 0 aliphatic carbocycles. The summed E-state index contributed by atoms with van der Waals surface area (Å²) in [5.74, 6) is 0. The lowest BCUT2D eigenvalue weighted by molar-refractivity contribution is 0.292. The molecule has 0 aliphatic rings. The van der Waals surface area contributed by atoms with Crippen LogP contribution in [0.2, 0.25) is 0 Å². The molecule has 0 radical (unpaired) electrons. The zero-order valence-corrected chi connectivity index (χ0v) is 5.66. The molecule has 0 N–H and O–H groups in total. The summed E-state index contributed by atoms with van der Waals surface area (Å²) in [6.07, 6.45) is 3.98. The van der Waals surface area contributed by atoms with Crippen LogP contribution in [0.5, 0.6) is 6.01 Å². The van der Waals surface area contributed by atoms with Crippen LogP contribution in [0, 0.1) is 0 Å². The monoisotopic (exact) mass is 139 g/mol. The Bertz CT molecular complexity index is 193. The molecule has 0 atom stereocenters. The number of rotatable bonds is 3. The molecule has 0 bridgehead atoms. The summed E-state index contributed by atoms with van der Waals surface area (Å²) in [4.78, 5) is 7.71. The Morgan fingerprint density at radius 3 is 3.10 bits per heavy atom. The van der Waals surface area contributed by atoms with E-state index in [1.807, 2.05) is 0 Å². The van der Waals surface area contributed by atoms with E-state index < -0.39 is 0 Å². The summed E-state index contributed by atoms with van der Waals surface area (Å²) in [5.41, 5.74) is 0. The highest BCUT2D eigenvalue weighted by Crippen LogP contribution is 1.96. The van der Waals surface area contributed by atoms with E-state index in [2.05, 4.69) is 9.97 Å². The van der Waals surface area contributed by atoms with E-state index in [4.69, 9.17) is 6.11 Å². The van der Waals surface area contributed by atoms with Crippen LogP contribution in [0.15, 0.2) is 18.5 Å². The van der Waals surface area contributed by atoms with Gasteiger partial charge < -0.3 is 4.74 Å². The zero-order valence-electron chi connectivity index (χ0n) is 6.66. The molecule has 0 spiro atoms. The van der Waals surface area contributed by atoms with Gasteiger partial charge in [0.25, 0.3) is 0 Å². The van der Waals surface area contributed by atoms with Gasteiger partial charge in [0.1, 0.15) is 0 Å². The van der Waals surface area contributed by atoms with E-state index >= 15 is 0 Å². The van der Waals surface area contributed by atoms with Gasteiger partial charge in [-0.2, -0.15) is 0 Å². The van der Waals surface area contributed by atoms with Crippen LogP contribution in [-0.4, -0.2) is 16.6 Å². The van der Waals surface area contributed by atoms with Gasteiger partial charge in [-0.3, -0.25) is 0 Å². The Kier molecular flexibility index (Phi) is 2.16. The first-order valence-electron chi connectivity index (χ1n) is 3.83. The molecule has 0 unspecified atom stereocenters. The lowest BCUT2D eigenvalue weighted by Gasteiger charge is -1.98. The van der Waals surface area contributed by atoms with Crippen molar-refractivity contribution in [3.05, 3.63) is 18.5 Å². The normalized spacial score (nSPS) is 10.6. The van der Waals surface area contributed by atoms with Crippen molar-refractivity contribution < 1.29 is 6.11 Å². The Morgan fingerprint density at radius 1 is 1.60 bits per heavy atom. The van der Waals surface area contributed by atoms with Gasteiger partial charge in [0.2, 0.25) is 0 Å². The standard InChI is InChI=1S/C7H10N2O/c1-2-6-10-7-8-4-3-5-9-7/h3-5H,2,6H2,1H3/i1D. The smallest absolute Gasteiger partial charge is 0.316 e. The molecule has 1 aromatic rings. The molecule has 10 heavy (non-hydrogen) atoms. The molecular formula is C7H10N2O. The first kappa shape index (κ1) is 5.65. The molecular weight excluding hydrogens is 128 g/mol. The number of ether oxygens (including phenoxy) is 1. The number of hydrogen-bond acceptors (Lipinski definition) is 3. The highest BCUT2D eigenvalue weighted by atomic mass is 16.5. The van der Waals surface area contributed by atoms with Crippen molar-refractivity contribution in [3.8, 4) is 6.01 Å². The van der Waals surface area contributed by atoms with Gasteiger partial charge in [-0.1, -0.05) is 6.90 Å². The van der Waals surface area contributed by atoms with Crippen LogP contribution in [0.3, 0.4) is 0 Å². The van der Waals surface area contributed by atoms with E-state index in [1.54, 1.807) is 18.5 Å². The lowest BCUT2D eigenvalue weighted by atomic mass is 10.5. The largest absolute Gasteiger partial charge is 0.463 e. The molecule has 1 aromatic heterocycles. The second-order valence-corrected chi connectivity index (χ2v) is 1.73. The second kappa shape index (κ2) is 3.82. The van der Waals surface area contributed by atoms with E-state index in [-0.39, 0.29) is 0 Å². The number of nitrogens with zero attached hydrogens (tertiary/aromatic N) is 2. The van der Waals surface area contributed by atoms with Crippen LogP contribution in [0.4, 0.5) is 0 Å². The third-order valence-corrected chi connectivity index (χ3v) is 0.918. The van der Waals surface area contributed by atoms with Crippen LogP contribution in [-0.2, 0) is 0 Å². The minimum atomic E-state index is 0.382. The van der Waals surface area contributed by atoms with Gasteiger partial charge in [-0.25, -0.2) is 9.97 Å². The van der Waals surface area contributed by atoms with Gasteiger partial charge in [0, 0.05) is 13.8 Å². The van der Waals surface area contributed by atoms with Crippen LogP contribution in [0.25, 0.3) is 0 Å². The Labute approximate surface area is 61.5 Å². The molecule has 0 aliphatic heterocycles. The number of aromatic nitrogens is 2. The van der Waals surface area contributed by atoms with Crippen molar-refractivity contribution in [1.82, 2.24) is 9.97 Å². The first-order chi connectivity index (χ1) is 5.43. The Morgan fingerprint density at radius 2 is 2.40 bits per heavy atom. The van der Waals surface area contributed by atoms with E-state index in [9.17, 15) is 0 Å². The average molecular weight is 139 g/mol. The van der Waals surface area contributed by atoms with Gasteiger partial charge in [-0.15, -0.1) is 0 Å². The van der Waals surface area contributed by atoms with Crippen molar-refractivity contribution >= 4 is 0 Å². The zero-order chi connectivity index (χ0) is 7.94. The SMILES string of the molecule is [2H]CCCOc1ncccn1. The van der Waals surface area contributed by atoms with E-state index in [0.29, 0.717) is 19.5 Å². The summed E-state index contributed by atoms with van der Waals surface area (Å²) in [5, 5.41) is 0. The molecule has 1 rings (SSSR count). The van der Waals surface area contributed by atoms with Crippen molar-refractivity contribution in [2.45, 2.75) is 13.3 Å². The summed E-state index contributed by atoms with van der Waals surface area (Å²) in [6.45, 7) is 0.903. The Balaban J connectivity index is 2.28. The summed E-state index contributed by atoms with van der Waals surface area (Å²) < 4.78 is 12.0. The molecule has 0 saturated carbocycles. The average Bonchev–Trinajstić information content (AvgIpc) is 2.07. The minimum absolute atomic E-state index is 0.382. The first-order valence-corrected chi connectivity index (χ1v) is 3.12. The molecule has 0 fully saturated rings. The van der Waals surface area contributed by atoms with Crippen LogP contribution < -0.4 is 4.74 Å².